The molecule has 0 aliphatic heterocycles. The molecule has 0 amide bonds. The highest BCUT2D eigenvalue weighted by atomic mass is 35.5. The van der Waals surface area contributed by atoms with Crippen LogP contribution < -0.4 is 5.69 Å². The minimum absolute atomic E-state index is 0.204. The molecule has 1 aromatic heterocycles. The van der Waals surface area contributed by atoms with Gasteiger partial charge in [0.2, 0.25) is 0 Å². The summed E-state index contributed by atoms with van der Waals surface area (Å²) in [7, 11) is 0. The number of benzene rings is 1. The third-order valence-electron chi connectivity index (χ3n) is 2.29. The van der Waals surface area contributed by atoms with Crippen molar-refractivity contribution in [3.63, 3.8) is 0 Å². The normalized spacial score (nSPS) is 12.2. The summed E-state index contributed by atoms with van der Waals surface area (Å²) < 4.78 is 1.46. The van der Waals surface area contributed by atoms with Crippen LogP contribution in [0.3, 0.4) is 0 Å². The predicted molar refractivity (Wildman–Crippen MR) is 63.9 cm³/mol. The van der Waals surface area contributed by atoms with Crippen molar-refractivity contribution in [3.8, 4) is 0 Å². The minimum atomic E-state index is -0.960. The quantitative estimate of drug-likeness (QED) is 0.840. The summed E-state index contributed by atoms with van der Waals surface area (Å²) in [6.07, 6.45) is 0. The molecule has 86 valence electrons. The summed E-state index contributed by atoms with van der Waals surface area (Å²) in [4.78, 5) is 14.4. The molecule has 0 spiro atoms. The standard InChI is InChI=1S/C11H13ClN2O2/c1-11(2,16)6-14-9-7(12)4-3-5-8(9)13-10(14)15/h3-5,16H,6H2,1-2H3,(H,13,15). The van der Waals surface area contributed by atoms with Crippen LogP contribution in [-0.4, -0.2) is 20.3 Å². The topological polar surface area (TPSA) is 58.0 Å². The highest BCUT2D eigenvalue weighted by molar-refractivity contribution is 6.34. The van der Waals surface area contributed by atoms with Gasteiger partial charge >= 0.3 is 5.69 Å². The Labute approximate surface area is 97.5 Å². The van der Waals surface area contributed by atoms with Gasteiger partial charge in [-0.1, -0.05) is 17.7 Å². The number of nitrogens with one attached hydrogen (secondary N) is 1. The van der Waals surface area contributed by atoms with E-state index in [9.17, 15) is 9.90 Å². The minimum Gasteiger partial charge on any atom is -0.389 e. The summed E-state index contributed by atoms with van der Waals surface area (Å²) in [6, 6.07) is 5.27. The van der Waals surface area contributed by atoms with E-state index in [2.05, 4.69) is 4.98 Å². The fourth-order valence-corrected chi connectivity index (χ4v) is 1.99. The van der Waals surface area contributed by atoms with Crippen molar-refractivity contribution in [3.05, 3.63) is 33.7 Å². The summed E-state index contributed by atoms with van der Waals surface area (Å²) in [5.41, 5.74) is 0.0984. The largest absolute Gasteiger partial charge is 0.389 e. The van der Waals surface area contributed by atoms with Crippen LogP contribution in [0.25, 0.3) is 11.0 Å². The summed E-state index contributed by atoms with van der Waals surface area (Å²) in [5.74, 6) is 0. The van der Waals surface area contributed by atoms with E-state index < -0.39 is 5.60 Å². The molecule has 0 aliphatic carbocycles. The molecule has 1 aromatic carbocycles. The summed E-state index contributed by atoms with van der Waals surface area (Å²) in [5, 5.41) is 10.2. The Kier molecular flexibility index (Phi) is 2.56. The molecule has 1 heterocycles. The number of fused-ring (bicyclic) bond motifs is 1. The fraction of sp³-hybridized carbons (Fsp3) is 0.364. The Balaban J connectivity index is 2.69. The van der Waals surface area contributed by atoms with Gasteiger partial charge in [0, 0.05) is 0 Å². The molecule has 16 heavy (non-hydrogen) atoms. The lowest BCUT2D eigenvalue weighted by Gasteiger charge is -2.17. The van der Waals surface area contributed by atoms with Gasteiger partial charge in [-0.15, -0.1) is 0 Å². The Morgan fingerprint density at radius 1 is 1.50 bits per heavy atom. The van der Waals surface area contributed by atoms with Gasteiger partial charge in [0.15, 0.2) is 0 Å². The average Bonchev–Trinajstić information content (AvgIpc) is 2.42. The maximum Gasteiger partial charge on any atom is 0.326 e. The van der Waals surface area contributed by atoms with Crippen LogP contribution in [0.4, 0.5) is 0 Å². The van der Waals surface area contributed by atoms with Gasteiger partial charge in [0.05, 0.1) is 28.2 Å². The number of aromatic nitrogens is 2. The molecule has 0 bridgehead atoms. The van der Waals surface area contributed by atoms with Gasteiger partial charge in [-0.2, -0.15) is 0 Å². The first-order chi connectivity index (χ1) is 7.38. The van der Waals surface area contributed by atoms with Crippen molar-refractivity contribution in [1.82, 2.24) is 9.55 Å². The Bertz CT molecular complexity index is 578. The maximum atomic E-state index is 11.7. The lowest BCUT2D eigenvalue weighted by molar-refractivity contribution is 0.0617. The number of H-pyrrole nitrogens is 1. The van der Waals surface area contributed by atoms with E-state index in [0.29, 0.717) is 16.1 Å². The van der Waals surface area contributed by atoms with E-state index in [0.717, 1.165) is 0 Å². The number of aliphatic hydroxyl groups is 1. The smallest absolute Gasteiger partial charge is 0.326 e. The first-order valence-electron chi connectivity index (χ1n) is 4.98. The van der Waals surface area contributed by atoms with Crippen LogP contribution in [0, 0.1) is 0 Å². The van der Waals surface area contributed by atoms with Gasteiger partial charge in [-0.3, -0.25) is 4.57 Å². The number of rotatable bonds is 2. The van der Waals surface area contributed by atoms with Crippen LogP contribution in [-0.2, 0) is 6.54 Å². The number of para-hydroxylation sites is 1. The lowest BCUT2D eigenvalue weighted by Crippen LogP contribution is -2.31. The third-order valence-corrected chi connectivity index (χ3v) is 2.59. The monoisotopic (exact) mass is 240 g/mol. The summed E-state index contributed by atoms with van der Waals surface area (Å²) >= 11 is 6.04. The Morgan fingerprint density at radius 2 is 2.19 bits per heavy atom. The SMILES string of the molecule is CC(C)(O)Cn1c(=O)[nH]c2cccc(Cl)c21. The highest BCUT2D eigenvalue weighted by Crippen LogP contribution is 2.21. The zero-order chi connectivity index (χ0) is 11.9. The number of imidazole rings is 1. The molecule has 0 atom stereocenters. The van der Waals surface area contributed by atoms with E-state index in [1.54, 1.807) is 32.0 Å². The lowest BCUT2D eigenvalue weighted by atomic mass is 10.1. The van der Waals surface area contributed by atoms with Crippen molar-refractivity contribution < 1.29 is 5.11 Å². The molecule has 2 rings (SSSR count). The van der Waals surface area contributed by atoms with Gasteiger partial charge < -0.3 is 10.1 Å². The molecule has 0 radical (unpaired) electrons. The molecule has 0 aliphatic rings. The summed E-state index contributed by atoms with van der Waals surface area (Å²) in [6.45, 7) is 3.50. The predicted octanol–water partition coefficient (Wildman–Crippen LogP) is 1.75. The van der Waals surface area contributed by atoms with E-state index in [1.807, 2.05) is 0 Å². The highest BCUT2D eigenvalue weighted by Gasteiger charge is 2.18. The molecule has 0 fully saturated rings. The van der Waals surface area contributed by atoms with Gasteiger partial charge in [0.25, 0.3) is 0 Å². The average molecular weight is 241 g/mol. The van der Waals surface area contributed by atoms with E-state index in [-0.39, 0.29) is 12.2 Å². The number of halogens is 1. The molecule has 2 aromatic rings. The van der Waals surface area contributed by atoms with Crippen LogP contribution >= 0.6 is 11.6 Å². The van der Waals surface area contributed by atoms with Crippen molar-refractivity contribution in [2.45, 2.75) is 26.0 Å². The zero-order valence-electron chi connectivity index (χ0n) is 9.12. The Morgan fingerprint density at radius 3 is 2.81 bits per heavy atom. The van der Waals surface area contributed by atoms with Crippen LogP contribution in [0.1, 0.15) is 13.8 Å². The van der Waals surface area contributed by atoms with Crippen molar-refractivity contribution in [1.29, 1.82) is 0 Å². The third kappa shape index (κ3) is 1.99. The second kappa shape index (κ2) is 3.64. The van der Waals surface area contributed by atoms with Crippen molar-refractivity contribution >= 4 is 22.6 Å². The molecule has 0 saturated heterocycles. The molecular formula is C11H13ClN2O2. The molecule has 0 saturated carbocycles. The first kappa shape index (κ1) is 11.2. The molecule has 4 nitrogen and oxygen atoms in total. The molecule has 2 N–H and O–H groups in total. The van der Waals surface area contributed by atoms with E-state index >= 15 is 0 Å². The number of hydrogen-bond donors (Lipinski definition) is 2. The van der Waals surface area contributed by atoms with Crippen molar-refractivity contribution in [2.24, 2.45) is 0 Å². The molecule has 0 unspecified atom stereocenters. The van der Waals surface area contributed by atoms with E-state index in [1.165, 1.54) is 4.57 Å². The number of hydrogen-bond acceptors (Lipinski definition) is 2. The zero-order valence-corrected chi connectivity index (χ0v) is 9.88. The maximum absolute atomic E-state index is 11.7. The van der Waals surface area contributed by atoms with Crippen molar-refractivity contribution in [2.75, 3.05) is 0 Å². The van der Waals surface area contributed by atoms with E-state index in [4.69, 9.17) is 11.6 Å². The fourth-order valence-electron chi connectivity index (χ4n) is 1.71. The van der Waals surface area contributed by atoms with Gasteiger partial charge in [-0.25, -0.2) is 4.79 Å². The molecule has 5 heteroatoms. The van der Waals surface area contributed by atoms with Crippen LogP contribution in [0.5, 0.6) is 0 Å². The van der Waals surface area contributed by atoms with Gasteiger partial charge in [-0.05, 0) is 26.0 Å². The Hall–Kier alpha value is -1.26. The second-order valence-corrected chi connectivity index (χ2v) is 4.87. The first-order valence-corrected chi connectivity index (χ1v) is 5.36. The number of aromatic amines is 1. The van der Waals surface area contributed by atoms with Crippen LogP contribution in [0.2, 0.25) is 5.02 Å². The second-order valence-electron chi connectivity index (χ2n) is 4.46. The van der Waals surface area contributed by atoms with Crippen LogP contribution in [0.15, 0.2) is 23.0 Å². The number of nitrogens with zero attached hydrogens (tertiary/aromatic N) is 1. The van der Waals surface area contributed by atoms with Gasteiger partial charge in [0.1, 0.15) is 0 Å². The molecular weight excluding hydrogens is 228 g/mol.